The quantitative estimate of drug-likeness (QED) is 0.456. The molecule has 58 valence electrons. The van der Waals surface area contributed by atoms with E-state index in [9.17, 15) is 4.39 Å². The van der Waals surface area contributed by atoms with Crippen LogP contribution in [0.25, 0.3) is 0 Å². The Hall–Kier alpha value is 1.08. The molecule has 3 heteroatoms. The van der Waals surface area contributed by atoms with Crippen molar-refractivity contribution in [2.24, 2.45) is 0 Å². The molecule has 0 heterocycles. The first-order valence-corrected chi connectivity index (χ1v) is 3.93. The Bertz CT molecular complexity index is 284. The molecule has 0 amide bonds. The molecule has 0 bridgehead atoms. The largest absolute Gasteiger partial charge is 1.00 e. The van der Waals surface area contributed by atoms with E-state index in [-0.39, 0.29) is 62.2 Å². The van der Waals surface area contributed by atoms with Crippen molar-refractivity contribution in [3.63, 3.8) is 0 Å². The topological polar surface area (TPSA) is 0 Å². The van der Waals surface area contributed by atoms with Crippen molar-refractivity contribution >= 4 is 11.6 Å². The van der Waals surface area contributed by atoms with Crippen LogP contribution in [0.15, 0.2) is 18.2 Å². The van der Waals surface area contributed by atoms with E-state index in [4.69, 9.17) is 11.6 Å². The number of halogens is 2. The molecule has 0 aromatic heterocycles. The minimum atomic E-state index is -0.337. The second-order valence-electron chi connectivity index (χ2n) is 2.75. The molecular weight excluding hydrogens is 202 g/mol. The fourth-order valence-corrected chi connectivity index (χ4v) is 1.27. The third-order valence-corrected chi connectivity index (χ3v) is 2.13. The standard InChI is InChI=1S/C9H7ClF.K/c10-8-5-7(6-1-2-6)3-4-9(8)11;/h1,3-6H,2H2;/q-1;+1/t6-;/m1./s1. The summed E-state index contributed by atoms with van der Waals surface area (Å²) < 4.78 is 12.6. The van der Waals surface area contributed by atoms with Crippen LogP contribution in [-0.4, -0.2) is 0 Å². The van der Waals surface area contributed by atoms with Crippen molar-refractivity contribution in [3.05, 3.63) is 41.0 Å². The van der Waals surface area contributed by atoms with Gasteiger partial charge in [0.25, 0.3) is 0 Å². The second-order valence-corrected chi connectivity index (χ2v) is 3.16. The molecule has 0 aliphatic heterocycles. The third-order valence-electron chi connectivity index (χ3n) is 1.84. The summed E-state index contributed by atoms with van der Waals surface area (Å²) in [6.07, 6.45) is 3.27. The van der Waals surface area contributed by atoms with E-state index in [0.29, 0.717) is 5.92 Å². The van der Waals surface area contributed by atoms with Gasteiger partial charge in [0.05, 0.1) is 5.02 Å². The molecular formula is C9H7ClFK. The Morgan fingerprint density at radius 2 is 2.17 bits per heavy atom. The van der Waals surface area contributed by atoms with Crippen LogP contribution in [0.3, 0.4) is 0 Å². The van der Waals surface area contributed by atoms with E-state index in [2.05, 4.69) is 6.42 Å². The number of rotatable bonds is 1. The molecule has 0 radical (unpaired) electrons. The van der Waals surface area contributed by atoms with Crippen LogP contribution >= 0.6 is 11.6 Å². The SMILES string of the molecule is Fc1ccc([C@@H]2[CH-]C2)cc1Cl.[K+]. The monoisotopic (exact) mass is 208 g/mol. The molecule has 2 rings (SSSR count). The molecule has 12 heavy (non-hydrogen) atoms. The predicted octanol–water partition coefficient (Wildman–Crippen LogP) is 0.175. The third kappa shape index (κ3) is 2.53. The van der Waals surface area contributed by atoms with Crippen molar-refractivity contribution in [1.82, 2.24) is 0 Å². The van der Waals surface area contributed by atoms with Crippen molar-refractivity contribution in [3.8, 4) is 0 Å². The van der Waals surface area contributed by atoms with Crippen LogP contribution in [0, 0.1) is 12.2 Å². The van der Waals surface area contributed by atoms with E-state index in [1.165, 1.54) is 6.07 Å². The summed E-state index contributed by atoms with van der Waals surface area (Å²) in [7, 11) is 0. The molecule has 0 nitrogen and oxygen atoms in total. The van der Waals surface area contributed by atoms with Gasteiger partial charge in [-0.1, -0.05) is 23.2 Å². The molecule has 1 atom stereocenters. The zero-order chi connectivity index (χ0) is 7.84. The minimum absolute atomic E-state index is 0. The summed E-state index contributed by atoms with van der Waals surface area (Å²) >= 11 is 5.60. The van der Waals surface area contributed by atoms with Crippen LogP contribution in [-0.2, 0) is 0 Å². The summed E-state index contributed by atoms with van der Waals surface area (Å²) in [6.45, 7) is 0. The van der Waals surface area contributed by atoms with Crippen molar-refractivity contribution in [1.29, 1.82) is 0 Å². The summed E-state index contributed by atoms with van der Waals surface area (Å²) in [6, 6.07) is 4.91. The smallest absolute Gasteiger partial charge is 0.325 e. The summed E-state index contributed by atoms with van der Waals surface area (Å²) in [4.78, 5) is 0. The Morgan fingerprint density at radius 1 is 1.50 bits per heavy atom. The summed E-state index contributed by atoms with van der Waals surface area (Å²) in [5, 5.41) is 0.225. The zero-order valence-corrected chi connectivity index (χ0v) is 10.7. The average molecular weight is 209 g/mol. The van der Waals surface area contributed by atoms with Gasteiger partial charge in [0.1, 0.15) is 5.82 Å². The van der Waals surface area contributed by atoms with Gasteiger partial charge in [0.15, 0.2) is 0 Å². The van der Waals surface area contributed by atoms with E-state index >= 15 is 0 Å². The number of benzene rings is 1. The van der Waals surface area contributed by atoms with Gasteiger partial charge in [-0.15, -0.1) is 0 Å². The first-order chi connectivity index (χ1) is 5.27. The summed E-state index contributed by atoms with van der Waals surface area (Å²) in [5.41, 5.74) is 1.12. The van der Waals surface area contributed by atoms with Crippen molar-refractivity contribution in [2.45, 2.75) is 12.3 Å². The molecule has 1 aromatic carbocycles. The van der Waals surface area contributed by atoms with Gasteiger partial charge < -0.3 is 6.42 Å². The Morgan fingerprint density at radius 3 is 2.67 bits per heavy atom. The molecule has 1 aliphatic rings. The van der Waals surface area contributed by atoms with E-state index in [1.807, 2.05) is 0 Å². The molecule has 1 saturated carbocycles. The minimum Gasteiger partial charge on any atom is -0.325 e. The van der Waals surface area contributed by atoms with Gasteiger partial charge in [0.2, 0.25) is 0 Å². The molecule has 1 aromatic rings. The zero-order valence-electron chi connectivity index (χ0n) is 6.85. The van der Waals surface area contributed by atoms with Gasteiger partial charge in [-0.2, -0.15) is 12.3 Å². The first-order valence-electron chi connectivity index (χ1n) is 3.55. The Kier molecular flexibility index (Phi) is 4.21. The van der Waals surface area contributed by atoms with Gasteiger partial charge in [-0.3, -0.25) is 0 Å². The van der Waals surface area contributed by atoms with E-state index < -0.39 is 0 Å². The maximum absolute atomic E-state index is 12.6. The number of hydrogen-bond acceptors (Lipinski definition) is 0. The van der Waals surface area contributed by atoms with Gasteiger partial charge in [-0.25, -0.2) is 4.39 Å². The van der Waals surface area contributed by atoms with Gasteiger partial charge in [0, 0.05) is 0 Å². The number of hydrogen-bond donors (Lipinski definition) is 0. The Balaban J connectivity index is 0.000000720. The first kappa shape index (κ1) is 11.2. The molecule has 0 N–H and O–H groups in total. The second kappa shape index (κ2) is 4.53. The van der Waals surface area contributed by atoms with Crippen LogP contribution < -0.4 is 51.4 Å². The van der Waals surface area contributed by atoms with Crippen molar-refractivity contribution in [2.75, 3.05) is 0 Å². The fraction of sp³-hybridized carbons (Fsp3) is 0.222. The average Bonchev–Trinajstić information content (AvgIpc) is 2.77. The molecule has 0 unspecified atom stereocenters. The maximum atomic E-state index is 12.6. The van der Waals surface area contributed by atoms with E-state index in [0.717, 1.165) is 12.0 Å². The summed E-state index contributed by atoms with van der Waals surface area (Å²) in [5.74, 6) is 0.184. The van der Waals surface area contributed by atoms with Gasteiger partial charge in [-0.05, 0) is 12.1 Å². The fourth-order valence-electron chi connectivity index (χ4n) is 1.08. The molecule has 0 saturated heterocycles. The van der Waals surface area contributed by atoms with Crippen molar-refractivity contribution < 1.29 is 55.8 Å². The van der Waals surface area contributed by atoms with Crippen LogP contribution in [0.2, 0.25) is 5.02 Å². The maximum Gasteiger partial charge on any atom is 1.00 e. The normalized spacial score (nSPS) is 20.0. The molecule has 1 aliphatic carbocycles. The molecule has 1 fully saturated rings. The van der Waals surface area contributed by atoms with Crippen LogP contribution in [0.1, 0.15) is 17.9 Å². The van der Waals surface area contributed by atoms with Crippen LogP contribution in [0.4, 0.5) is 4.39 Å². The van der Waals surface area contributed by atoms with Crippen LogP contribution in [0.5, 0.6) is 0 Å². The van der Waals surface area contributed by atoms with Gasteiger partial charge >= 0.3 is 51.4 Å². The Labute approximate surface area is 119 Å². The van der Waals surface area contributed by atoms with E-state index in [1.54, 1.807) is 12.1 Å². The predicted molar refractivity (Wildman–Crippen MR) is 43.1 cm³/mol. The molecule has 0 spiro atoms.